The fraction of sp³-hybridized carbons (Fsp3) is 0.281. The lowest BCUT2D eigenvalue weighted by molar-refractivity contribution is -0.137. The topological polar surface area (TPSA) is 65.0 Å². The van der Waals surface area contributed by atoms with Crippen molar-refractivity contribution in [2.24, 2.45) is 0 Å². The van der Waals surface area contributed by atoms with E-state index in [1.54, 1.807) is 18.3 Å². The van der Waals surface area contributed by atoms with Gasteiger partial charge in [-0.05, 0) is 77.9 Å². The van der Waals surface area contributed by atoms with Crippen molar-refractivity contribution < 1.29 is 24.1 Å². The Hall–Kier alpha value is -3.79. The van der Waals surface area contributed by atoms with Crippen LogP contribution in [0, 0.1) is 18.8 Å². The number of hydrogen-bond acceptors (Lipinski definition) is 5. The summed E-state index contributed by atoms with van der Waals surface area (Å²) in [6, 6.07) is 20.3. The molecule has 0 bridgehead atoms. The number of aliphatic carboxylic acids is 1. The van der Waals surface area contributed by atoms with Gasteiger partial charge in [-0.15, -0.1) is 17.3 Å². The zero-order valence-corrected chi connectivity index (χ0v) is 22.3. The summed E-state index contributed by atoms with van der Waals surface area (Å²) >= 11 is 1.74. The van der Waals surface area contributed by atoms with Crippen molar-refractivity contribution in [3.8, 4) is 34.5 Å². The number of carbonyl (C=O) groups is 1. The molecule has 4 aromatic rings. The number of thiophene rings is 1. The Balaban J connectivity index is 1.30. The number of fused-ring (bicyclic) bond motifs is 1. The summed E-state index contributed by atoms with van der Waals surface area (Å²) in [4.78, 5) is 11.2. The normalized spacial score (nSPS) is 15.6. The minimum atomic E-state index is -0.861. The molecule has 1 aromatic heterocycles. The van der Waals surface area contributed by atoms with Crippen LogP contribution in [0.1, 0.15) is 42.4 Å². The highest BCUT2D eigenvalue weighted by atomic mass is 32.1. The van der Waals surface area contributed by atoms with Crippen molar-refractivity contribution in [2.75, 3.05) is 13.2 Å². The van der Waals surface area contributed by atoms with Crippen molar-refractivity contribution in [2.45, 2.75) is 45.3 Å². The maximum absolute atomic E-state index is 11.2. The van der Waals surface area contributed by atoms with Crippen LogP contribution in [0.5, 0.6) is 11.5 Å². The monoisotopic (exact) mass is 526 g/mol. The van der Waals surface area contributed by atoms with Gasteiger partial charge in [0.05, 0.1) is 25.6 Å². The van der Waals surface area contributed by atoms with Gasteiger partial charge in [0, 0.05) is 22.1 Å². The van der Waals surface area contributed by atoms with Gasteiger partial charge < -0.3 is 19.3 Å². The van der Waals surface area contributed by atoms with E-state index in [0.29, 0.717) is 13.2 Å². The number of carboxylic acids is 1. The Bertz CT molecular complexity index is 1490. The van der Waals surface area contributed by atoms with Crippen LogP contribution >= 0.6 is 11.3 Å². The molecule has 194 valence electrons. The van der Waals surface area contributed by atoms with Crippen LogP contribution in [0.15, 0.2) is 66.0 Å². The summed E-state index contributed by atoms with van der Waals surface area (Å²) in [5.41, 5.74) is 5.55. The highest BCUT2D eigenvalue weighted by Gasteiger charge is 2.18. The van der Waals surface area contributed by atoms with Crippen LogP contribution in [0.25, 0.3) is 21.2 Å². The van der Waals surface area contributed by atoms with Crippen LogP contribution < -0.4 is 9.47 Å². The first-order chi connectivity index (χ1) is 18.5. The SMILES string of the molecule is CC#C[C@@H](CC(=O)O)c1ccc(OCc2ccc3scc(-c4ccc(OC5CCOC5)cc4C)c3c2)cc1. The second-order valence-corrected chi connectivity index (χ2v) is 10.4. The number of benzene rings is 3. The highest BCUT2D eigenvalue weighted by Crippen LogP contribution is 2.37. The Labute approximate surface area is 227 Å². The van der Waals surface area contributed by atoms with Gasteiger partial charge in [0.2, 0.25) is 0 Å². The quantitative estimate of drug-likeness (QED) is 0.234. The van der Waals surface area contributed by atoms with E-state index in [4.69, 9.17) is 19.3 Å². The molecular weight excluding hydrogens is 496 g/mol. The van der Waals surface area contributed by atoms with Gasteiger partial charge in [-0.2, -0.15) is 0 Å². The van der Waals surface area contributed by atoms with Gasteiger partial charge in [-0.3, -0.25) is 4.79 Å². The van der Waals surface area contributed by atoms with E-state index in [9.17, 15) is 4.79 Å². The van der Waals surface area contributed by atoms with Crippen molar-refractivity contribution in [1.82, 2.24) is 0 Å². The van der Waals surface area contributed by atoms with E-state index < -0.39 is 5.97 Å². The Morgan fingerprint density at radius 2 is 1.92 bits per heavy atom. The highest BCUT2D eigenvalue weighted by molar-refractivity contribution is 7.17. The molecule has 3 aromatic carbocycles. The van der Waals surface area contributed by atoms with Gasteiger partial charge in [-0.1, -0.05) is 30.2 Å². The van der Waals surface area contributed by atoms with E-state index >= 15 is 0 Å². The zero-order valence-electron chi connectivity index (χ0n) is 21.5. The minimum Gasteiger partial charge on any atom is -0.489 e. The minimum absolute atomic E-state index is 0.0191. The predicted octanol–water partition coefficient (Wildman–Crippen LogP) is 7.21. The molecule has 1 N–H and O–H groups in total. The molecule has 2 heterocycles. The first kappa shape index (κ1) is 25.8. The van der Waals surface area contributed by atoms with Crippen molar-refractivity contribution in [3.63, 3.8) is 0 Å². The Kier molecular flexibility index (Phi) is 7.97. The van der Waals surface area contributed by atoms with Crippen LogP contribution in [0.3, 0.4) is 0 Å². The van der Waals surface area contributed by atoms with Crippen LogP contribution in [-0.2, 0) is 16.1 Å². The molecule has 6 heteroatoms. The van der Waals surface area contributed by atoms with Gasteiger partial charge in [0.15, 0.2) is 0 Å². The molecule has 1 aliphatic heterocycles. The molecule has 0 aliphatic carbocycles. The molecule has 0 saturated carbocycles. The van der Waals surface area contributed by atoms with Crippen molar-refractivity contribution >= 4 is 27.4 Å². The standard InChI is InChI=1S/C32H30O5S/c1-3-4-24(17-32(33)34)23-6-8-25(9-7-23)36-18-22-5-12-31-29(16-22)30(20-38-31)28-11-10-26(15-21(28)2)37-27-13-14-35-19-27/h5-12,15-16,20,24,27H,13-14,17-19H2,1-2H3,(H,33,34)/t24-,27?/m0/s1. The van der Waals surface area contributed by atoms with Gasteiger partial charge in [0.25, 0.3) is 0 Å². The lowest BCUT2D eigenvalue weighted by atomic mass is 9.96. The first-order valence-corrected chi connectivity index (χ1v) is 13.6. The Morgan fingerprint density at radius 3 is 2.63 bits per heavy atom. The maximum atomic E-state index is 11.2. The average Bonchev–Trinajstić information content (AvgIpc) is 3.57. The molecule has 1 saturated heterocycles. The molecule has 0 spiro atoms. The van der Waals surface area contributed by atoms with E-state index in [0.717, 1.165) is 35.7 Å². The fourth-order valence-corrected chi connectivity index (χ4v) is 5.69. The number of aryl methyl sites for hydroxylation is 1. The zero-order chi connectivity index (χ0) is 26.5. The predicted molar refractivity (Wildman–Crippen MR) is 151 cm³/mol. The molecule has 1 unspecified atom stereocenters. The Morgan fingerprint density at radius 1 is 1.11 bits per heavy atom. The second kappa shape index (κ2) is 11.7. The van der Waals surface area contributed by atoms with E-state index in [1.807, 2.05) is 30.3 Å². The van der Waals surface area contributed by atoms with Gasteiger partial charge >= 0.3 is 5.97 Å². The molecule has 1 fully saturated rings. The van der Waals surface area contributed by atoms with Crippen molar-refractivity contribution in [3.05, 3.63) is 82.7 Å². The van der Waals surface area contributed by atoms with E-state index in [-0.39, 0.29) is 18.4 Å². The van der Waals surface area contributed by atoms with Gasteiger partial charge in [0.1, 0.15) is 24.2 Å². The molecule has 2 atom stereocenters. The van der Waals surface area contributed by atoms with Crippen LogP contribution in [0.4, 0.5) is 0 Å². The van der Waals surface area contributed by atoms with Crippen molar-refractivity contribution in [1.29, 1.82) is 0 Å². The smallest absolute Gasteiger partial charge is 0.304 e. The molecule has 1 aliphatic rings. The molecule has 5 rings (SSSR count). The summed E-state index contributed by atoms with van der Waals surface area (Å²) in [6.45, 7) is 5.71. The first-order valence-electron chi connectivity index (χ1n) is 12.7. The number of hydrogen-bond donors (Lipinski definition) is 1. The number of rotatable bonds is 9. The average molecular weight is 527 g/mol. The van der Waals surface area contributed by atoms with Gasteiger partial charge in [-0.25, -0.2) is 0 Å². The molecule has 0 amide bonds. The number of ether oxygens (including phenoxy) is 3. The summed E-state index contributed by atoms with van der Waals surface area (Å²) in [5.74, 6) is 6.24. The third-order valence-corrected chi connectivity index (χ3v) is 7.67. The second-order valence-electron chi connectivity index (χ2n) is 9.46. The largest absolute Gasteiger partial charge is 0.489 e. The lowest BCUT2D eigenvalue weighted by Gasteiger charge is -2.14. The molecule has 5 nitrogen and oxygen atoms in total. The summed E-state index contributed by atoms with van der Waals surface area (Å²) in [7, 11) is 0. The number of carboxylic acid groups (broad SMARTS) is 1. The molecule has 38 heavy (non-hydrogen) atoms. The summed E-state index contributed by atoms with van der Waals surface area (Å²) in [6.07, 6.45) is 1.05. The van der Waals surface area contributed by atoms with E-state index in [1.165, 1.54) is 26.8 Å². The summed E-state index contributed by atoms with van der Waals surface area (Å²) < 4.78 is 18.8. The van der Waals surface area contributed by atoms with Crippen LogP contribution in [0.2, 0.25) is 0 Å². The third kappa shape index (κ3) is 6.02. The summed E-state index contributed by atoms with van der Waals surface area (Å²) in [5, 5.41) is 12.6. The fourth-order valence-electron chi connectivity index (χ4n) is 4.75. The molecular formula is C32H30O5S. The maximum Gasteiger partial charge on any atom is 0.304 e. The molecule has 0 radical (unpaired) electrons. The van der Waals surface area contributed by atoms with Crippen LogP contribution in [-0.4, -0.2) is 30.4 Å². The lowest BCUT2D eigenvalue weighted by Crippen LogP contribution is -2.15. The third-order valence-electron chi connectivity index (χ3n) is 6.70. The van der Waals surface area contributed by atoms with E-state index in [2.05, 4.69) is 54.5 Å².